The molecule has 4 atom stereocenters. The van der Waals surface area contributed by atoms with Crippen molar-refractivity contribution in [2.75, 3.05) is 4.90 Å². The predicted molar refractivity (Wildman–Crippen MR) is 132 cm³/mol. The number of hydrogen-bond donors (Lipinski definition) is 1. The van der Waals surface area contributed by atoms with Crippen LogP contribution in [0, 0.1) is 27.9 Å². The van der Waals surface area contributed by atoms with Gasteiger partial charge in [0.05, 0.1) is 28.4 Å². The molecule has 0 spiro atoms. The Morgan fingerprint density at radius 2 is 1.89 bits per heavy atom. The number of hydrogen-bond acceptors (Lipinski definition) is 8. The van der Waals surface area contributed by atoms with Crippen molar-refractivity contribution >= 4 is 34.8 Å². The van der Waals surface area contributed by atoms with Crippen LogP contribution in [-0.4, -0.2) is 33.4 Å². The second kappa shape index (κ2) is 8.56. The van der Waals surface area contributed by atoms with Gasteiger partial charge in [-0.25, -0.2) is 4.90 Å². The molecule has 4 unspecified atom stereocenters. The predicted octanol–water partition coefficient (Wildman–Crippen LogP) is 3.31. The van der Waals surface area contributed by atoms with Crippen LogP contribution in [0.3, 0.4) is 0 Å². The Kier molecular flexibility index (Phi) is 5.39. The zero-order valence-corrected chi connectivity index (χ0v) is 20.2. The van der Waals surface area contributed by atoms with Crippen molar-refractivity contribution in [2.24, 2.45) is 17.8 Å². The van der Waals surface area contributed by atoms with Crippen molar-refractivity contribution in [3.63, 3.8) is 0 Å². The van der Waals surface area contributed by atoms with Gasteiger partial charge in [-0.2, -0.15) is 0 Å². The van der Waals surface area contributed by atoms with Gasteiger partial charge in [-0.15, -0.1) is 0 Å². The molecular weight excluding hydrogens is 492 g/mol. The molecule has 10 heteroatoms. The van der Waals surface area contributed by atoms with E-state index in [0.29, 0.717) is 28.2 Å². The first-order chi connectivity index (χ1) is 18.2. The Bertz CT molecular complexity index is 1560. The first-order valence-electron chi connectivity index (χ1n) is 12.2. The molecule has 1 N–H and O–H groups in total. The van der Waals surface area contributed by atoms with Crippen molar-refractivity contribution in [1.82, 2.24) is 0 Å². The minimum atomic E-state index is -0.806. The second-order valence-corrected chi connectivity index (χ2v) is 9.98. The molecule has 10 nitrogen and oxygen atoms in total. The van der Waals surface area contributed by atoms with Crippen molar-refractivity contribution in [2.45, 2.75) is 32.3 Å². The average Bonchev–Trinajstić information content (AvgIpc) is 3.48. The van der Waals surface area contributed by atoms with Crippen molar-refractivity contribution in [3.8, 4) is 0 Å². The monoisotopic (exact) mass is 514 g/mol. The van der Waals surface area contributed by atoms with E-state index in [1.54, 1.807) is 19.1 Å². The van der Waals surface area contributed by atoms with Crippen LogP contribution >= 0.6 is 0 Å². The van der Waals surface area contributed by atoms with Gasteiger partial charge < -0.3 is 9.52 Å². The number of carbonyl (C=O) groups excluding carboxylic acids is 4. The Morgan fingerprint density at radius 3 is 2.61 bits per heavy atom. The number of fused-ring (bicyclic) bond motifs is 3. The summed E-state index contributed by atoms with van der Waals surface area (Å²) in [6.45, 7) is 1.22. The van der Waals surface area contributed by atoms with Crippen LogP contribution in [0.2, 0.25) is 0 Å². The van der Waals surface area contributed by atoms with Crippen LogP contribution in [0.4, 0.5) is 11.4 Å². The third-order valence-corrected chi connectivity index (χ3v) is 7.98. The summed E-state index contributed by atoms with van der Waals surface area (Å²) in [5.41, 5.74) is 1.51. The number of Topliss-reactive ketones (excluding diaryl/α,β-unsaturated/α-hetero) is 1. The van der Waals surface area contributed by atoms with E-state index in [4.69, 9.17) is 4.42 Å². The van der Waals surface area contributed by atoms with Crippen molar-refractivity contribution < 1.29 is 33.6 Å². The van der Waals surface area contributed by atoms with Gasteiger partial charge in [0.25, 0.3) is 5.69 Å². The molecule has 0 saturated carbocycles. The molecule has 2 aromatic rings. The maximum Gasteiger partial charge on any atom is 0.271 e. The number of aliphatic hydroxyl groups is 1. The highest BCUT2D eigenvalue weighted by Crippen LogP contribution is 2.55. The fourth-order valence-corrected chi connectivity index (χ4v) is 6.34. The lowest BCUT2D eigenvalue weighted by molar-refractivity contribution is -0.384. The number of anilines is 1. The van der Waals surface area contributed by atoms with Gasteiger partial charge in [0.1, 0.15) is 18.1 Å². The van der Waals surface area contributed by atoms with E-state index in [2.05, 4.69) is 0 Å². The second-order valence-electron chi connectivity index (χ2n) is 9.98. The number of nitro benzene ring substituents is 1. The SMILES string of the molecule is CC1=CC(=O)C2=C(CC3C(=CCC4C(=O)N(c5cccc([N+](=O)[O-])c5)C(=O)C43)C2c2ccc(CO)o2)C1=O. The molecule has 192 valence electrons. The summed E-state index contributed by atoms with van der Waals surface area (Å²) in [4.78, 5) is 65.5. The standard InChI is InChI=1S/C28H22N2O8/c1-13-9-21(32)24-20(26(13)33)11-19-17(25(24)22-8-5-16(12-31)38-22)6-7-18-23(19)28(35)29(27(18)34)14-3-2-4-15(10-14)30(36)37/h2-6,8-10,18-19,23,25,31H,7,11-12H2,1H3. The molecule has 4 aliphatic rings. The summed E-state index contributed by atoms with van der Waals surface area (Å²) in [6.07, 6.45) is 3.51. The molecule has 0 bridgehead atoms. The molecule has 1 aromatic heterocycles. The molecule has 1 aromatic carbocycles. The van der Waals surface area contributed by atoms with Crippen LogP contribution in [0.15, 0.2) is 75.3 Å². The summed E-state index contributed by atoms with van der Waals surface area (Å²) in [5.74, 6) is -3.66. The minimum Gasteiger partial charge on any atom is -0.463 e. The molecular formula is C28H22N2O8. The lowest BCUT2D eigenvalue weighted by atomic mass is 9.60. The summed E-state index contributed by atoms with van der Waals surface area (Å²) in [5, 5.41) is 20.8. The number of imide groups is 1. The molecule has 2 amide bonds. The topological polar surface area (TPSA) is 148 Å². The van der Waals surface area contributed by atoms with Gasteiger partial charge in [0.15, 0.2) is 11.6 Å². The highest BCUT2D eigenvalue weighted by atomic mass is 16.6. The van der Waals surface area contributed by atoms with E-state index >= 15 is 0 Å². The Balaban J connectivity index is 1.46. The van der Waals surface area contributed by atoms with Crippen LogP contribution in [-0.2, 0) is 25.8 Å². The fourth-order valence-electron chi connectivity index (χ4n) is 6.34. The van der Waals surface area contributed by atoms with Crippen LogP contribution < -0.4 is 4.90 Å². The molecule has 3 aliphatic carbocycles. The summed E-state index contributed by atoms with van der Waals surface area (Å²) in [6, 6.07) is 8.63. The van der Waals surface area contributed by atoms with E-state index in [0.717, 1.165) is 10.5 Å². The summed E-state index contributed by atoms with van der Waals surface area (Å²) in [7, 11) is 0. The molecule has 1 fully saturated rings. The van der Waals surface area contributed by atoms with Gasteiger partial charge in [-0.1, -0.05) is 17.7 Å². The van der Waals surface area contributed by atoms with Gasteiger partial charge in [0.2, 0.25) is 11.8 Å². The molecule has 0 radical (unpaired) electrons. The Hall–Kier alpha value is -4.44. The largest absolute Gasteiger partial charge is 0.463 e. The molecule has 2 heterocycles. The first kappa shape index (κ1) is 23.9. The third-order valence-electron chi connectivity index (χ3n) is 7.98. The van der Waals surface area contributed by atoms with Crippen LogP contribution in [0.1, 0.15) is 37.2 Å². The number of nitrogens with zero attached hydrogens (tertiary/aromatic N) is 2. The number of non-ortho nitro benzene ring substituents is 1. The summed E-state index contributed by atoms with van der Waals surface area (Å²) >= 11 is 0. The van der Waals surface area contributed by atoms with Gasteiger partial charge >= 0.3 is 0 Å². The number of carbonyl (C=O) groups is 4. The highest BCUT2D eigenvalue weighted by molar-refractivity contribution is 6.25. The molecule has 38 heavy (non-hydrogen) atoms. The number of allylic oxidation sites excluding steroid dienone is 6. The van der Waals surface area contributed by atoms with E-state index in [-0.39, 0.29) is 42.4 Å². The number of furan rings is 1. The van der Waals surface area contributed by atoms with Crippen LogP contribution in [0.25, 0.3) is 0 Å². The third kappa shape index (κ3) is 3.37. The minimum absolute atomic E-state index is 0.115. The van der Waals surface area contributed by atoms with E-state index in [9.17, 15) is 34.4 Å². The number of benzene rings is 1. The quantitative estimate of drug-likeness (QED) is 0.215. The van der Waals surface area contributed by atoms with E-state index in [1.165, 1.54) is 30.3 Å². The number of nitro groups is 1. The number of amides is 2. The number of rotatable bonds is 4. The summed E-state index contributed by atoms with van der Waals surface area (Å²) < 4.78 is 5.83. The Morgan fingerprint density at radius 1 is 1.11 bits per heavy atom. The zero-order chi connectivity index (χ0) is 26.9. The zero-order valence-electron chi connectivity index (χ0n) is 20.2. The highest BCUT2D eigenvalue weighted by Gasteiger charge is 2.57. The molecule has 1 saturated heterocycles. The van der Waals surface area contributed by atoms with Crippen molar-refractivity contribution in [3.05, 3.63) is 92.5 Å². The lowest BCUT2D eigenvalue weighted by Crippen LogP contribution is -2.39. The average molecular weight is 514 g/mol. The maximum atomic E-state index is 13.8. The van der Waals surface area contributed by atoms with Gasteiger partial charge in [0, 0.05) is 28.9 Å². The smallest absolute Gasteiger partial charge is 0.271 e. The normalized spacial score (nSPS) is 26.6. The van der Waals surface area contributed by atoms with Crippen molar-refractivity contribution in [1.29, 1.82) is 0 Å². The molecule has 6 rings (SSSR count). The maximum absolute atomic E-state index is 13.8. The Labute approximate surface area is 216 Å². The fraction of sp³-hybridized carbons (Fsp3) is 0.286. The van der Waals surface area contributed by atoms with E-state index < -0.39 is 40.4 Å². The van der Waals surface area contributed by atoms with E-state index in [1.807, 2.05) is 6.08 Å². The lowest BCUT2D eigenvalue weighted by Gasteiger charge is -2.41. The number of ketones is 2. The van der Waals surface area contributed by atoms with Crippen LogP contribution in [0.5, 0.6) is 0 Å². The van der Waals surface area contributed by atoms with Gasteiger partial charge in [-0.3, -0.25) is 29.3 Å². The first-order valence-corrected chi connectivity index (χ1v) is 12.2. The number of aliphatic hydroxyl groups excluding tert-OH is 1. The molecule has 1 aliphatic heterocycles. The van der Waals surface area contributed by atoms with Gasteiger partial charge in [-0.05, 0) is 50.0 Å².